The molecule has 6 heteroatoms. The summed E-state index contributed by atoms with van der Waals surface area (Å²) in [6.45, 7) is 1.12. The van der Waals surface area contributed by atoms with Gasteiger partial charge in [-0.25, -0.2) is 8.42 Å². The van der Waals surface area contributed by atoms with Crippen molar-refractivity contribution in [2.24, 2.45) is 0 Å². The molecule has 0 unspecified atom stereocenters. The van der Waals surface area contributed by atoms with Gasteiger partial charge >= 0.3 is 0 Å². The number of nitrogens with two attached hydrogens (primary N) is 1. The molecule has 0 saturated carbocycles. The minimum atomic E-state index is -3.46. The monoisotopic (exact) mass is 256 g/mol. The maximum atomic E-state index is 12.2. The molecule has 1 saturated heterocycles. The summed E-state index contributed by atoms with van der Waals surface area (Å²) in [6, 6.07) is 4.00. The number of nitrogen functional groups attached to an aromatic ring is 1. The highest BCUT2D eigenvalue weighted by Gasteiger charge is 2.26. The highest BCUT2D eigenvalue weighted by Crippen LogP contribution is 2.26. The van der Waals surface area contributed by atoms with Gasteiger partial charge in [-0.15, -0.1) is 0 Å². The summed E-state index contributed by atoms with van der Waals surface area (Å²) in [5.41, 5.74) is 5.60. The molecule has 1 aromatic carbocycles. The highest BCUT2D eigenvalue weighted by molar-refractivity contribution is 7.89. The first kappa shape index (κ1) is 12.2. The van der Waals surface area contributed by atoms with Crippen LogP contribution < -0.4 is 5.73 Å². The van der Waals surface area contributed by atoms with Gasteiger partial charge in [0.2, 0.25) is 10.0 Å². The second kappa shape index (κ2) is 4.54. The molecule has 5 nitrogen and oxygen atoms in total. The predicted octanol–water partition coefficient (Wildman–Crippen LogP) is 1.15. The lowest BCUT2D eigenvalue weighted by atomic mass is 10.2. The predicted molar refractivity (Wildman–Crippen MR) is 65.1 cm³/mol. The Kier molecular flexibility index (Phi) is 3.26. The van der Waals surface area contributed by atoms with Crippen molar-refractivity contribution >= 4 is 15.7 Å². The zero-order chi connectivity index (χ0) is 12.5. The second-order valence-electron chi connectivity index (χ2n) is 4.19. The third-order valence-corrected chi connectivity index (χ3v) is 4.85. The Bertz CT molecular complexity index is 507. The van der Waals surface area contributed by atoms with Crippen LogP contribution in [0.4, 0.5) is 5.69 Å². The molecule has 0 aromatic heterocycles. The fourth-order valence-electron chi connectivity index (χ4n) is 1.95. The molecule has 94 valence electrons. The van der Waals surface area contributed by atoms with Crippen LogP contribution in [0.2, 0.25) is 0 Å². The fourth-order valence-corrected chi connectivity index (χ4v) is 3.50. The molecule has 0 amide bonds. The van der Waals surface area contributed by atoms with Gasteiger partial charge in [-0.2, -0.15) is 4.31 Å². The largest absolute Gasteiger partial charge is 0.506 e. The zero-order valence-electron chi connectivity index (χ0n) is 9.46. The molecular formula is C11H16N2O3S. The highest BCUT2D eigenvalue weighted by atomic mass is 32.2. The third-order valence-electron chi connectivity index (χ3n) is 2.95. The Hall–Kier alpha value is -1.27. The lowest BCUT2D eigenvalue weighted by Gasteiger charge is -2.25. The zero-order valence-corrected chi connectivity index (χ0v) is 10.3. The van der Waals surface area contributed by atoms with Crippen molar-refractivity contribution in [3.8, 4) is 5.75 Å². The number of hydrogen-bond acceptors (Lipinski definition) is 4. The second-order valence-corrected chi connectivity index (χ2v) is 6.12. The molecular weight excluding hydrogens is 240 g/mol. The Labute approximate surface area is 101 Å². The van der Waals surface area contributed by atoms with Gasteiger partial charge in [-0.3, -0.25) is 0 Å². The SMILES string of the molecule is Nc1cc(S(=O)(=O)N2CCCCC2)ccc1O. The normalized spacial score (nSPS) is 18.1. The van der Waals surface area contributed by atoms with Gasteiger partial charge in [-0.05, 0) is 31.0 Å². The minimum absolute atomic E-state index is 0.0862. The molecule has 1 aliphatic heterocycles. The summed E-state index contributed by atoms with van der Waals surface area (Å²) in [7, 11) is -3.46. The number of piperidine rings is 1. The first-order valence-corrected chi connectivity index (χ1v) is 7.04. The van der Waals surface area contributed by atoms with E-state index in [1.54, 1.807) is 0 Å². The number of phenols is 1. The molecule has 1 aliphatic rings. The Morgan fingerprint density at radius 1 is 1.18 bits per heavy atom. The maximum absolute atomic E-state index is 12.2. The van der Waals surface area contributed by atoms with Crippen LogP contribution in [0.15, 0.2) is 23.1 Å². The maximum Gasteiger partial charge on any atom is 0.243 e. The van der Waals surface area contributed by atoms with Gasteiger partial charge in [0.1, 0.15) is 5.75 Å². The molecule has 3 N–H and O–H groups in total. The number of phenolic OH excluding ortho intramolecular Hbond substituents is 1. The molecule has 17 heavy (non-hydrogen) atoms. The molecule has 1 heterocycles. The number of nitrogens with zero attached hydrogens (tertiary/aromatic N) is 1. The lowest BCUT2D eigenvalue weighted by Crippen LogP contribution is -2.35. The molecule has 2 rings (SSSR count). The van der Waals surface area contributed by atoms with Gasteiger partial charge in [0, 0.05) is 13.1 Å². The van der Waals surface area contributed by atoms with Gasteiger partial charge in [0.25, 0.3) is 0 Å². The van der Waals surface area contributed by atoms with E-state index in [2.05, 4.69) is 0 Å². The Morgan fingerprint density at radius 3 is 2.41 bits per heavy atom. The van der Waals surface area contributed by atoms with Crippen molar-refractivity contribution in [1.82, 2.24) is 4.31 Å². The fraction of sp³-hybridized carbons (Fsp3) is 0.455. The summed E-state index contributed by atoms with van der Waals surface area (Å²) in [5, 5.41) is 9.29. The van der Waals surface area contributed by atoms with Crippen LogP contribution in [0.25, 0.3) is 0 Å². The van der Waals surface area contributed by atoms with Crippen molar-refractivity contribution in [3.05, 3.63) is 18.2 Å². The topological polar surface area (TPSA) is 83.6 Å². The van der Waals surface area contributed by atoms with E-state index < -0.39 is 10.0 Å². The summed E-state index contributed by atoms with van der Waals surface area (Å²) in [6.07, 6.45) is 2.86. The van der Waals surface area contributed by atoms with Crippen LogP contribution >= 0.6 is 0 Å². The van der Waals surface area contributed by atoms with E-state index in [9.17, 15) is 13.5 Å². The van der Waals surface area contributed by atoms with Crippen LogP contribution in [-0.2, 0) is 10.0 Å². The van der Waals surface area contributed by atoms with E-state index in [1.807, 2.05) is 0 Å². The smallest absolute Gasteiger partial charge is 0.243 e. The lowest BCUT2D eigenvalue weighted by molar-refractivity contribution is 0.346. The average Bonchev–Trinajstić information content (AvgIpc) is 2.33. The molecule has 0 radical (unpaired) electrons. The standard InChI is InChI=1S/C11H16N2O3S/c12-10-8-9(4-5-11(10)14)17(15,16)13-6-2-1-3-7-13/h4-5,8,14H,1-3,6-7,12H2. The van der Waals surface area contributed by atoms with E-state index in [1.165, 1.54) is 22.5 Å². The van der Waals surface area contributed by atoms with Gasteiger partial charge in [-0.1, -0.05) is 6.42 Å². The molecule has 0 bridgehead atoms. The van der Waals surface area contributed by atoms with Crippen molar-refractivity contribution < 1.29 is 13.5 Å². The van der Waals surface area contributed by atoms with Gasteiger partial charge in [0.15, 0.2) is 0 Å². The van der Waals surface area contributed by atoms with E-state index in [0.717, 1.165) is 19.3 Å². The van der Waals surface area contributed by atoms with Crippen LogP contribution in [0.3, 0.4) is 0 Å². The van der Waals surface area contributed by atoms with E-state index in [4.69, 9.17) is 5.73 Å². The van der Waals surface area contributed by atoms with E-state index >= 15 is 0 Å². The van der Waals surface area contributed by atoms with Gasteiger partial charge in [0.05, 0.1) is 10.6 Å². The van der Waals surface area contributed by atoms with Crippen LogP contribution in [0, 0.1) is 0 Å². The van der Waals surface area contributed by atoms with E-state index in [0.29, 0.717) is 13.1 Å². The number of anilines is 1. The summed E-state index contributed by atoms with van der Waals surface area (Å²) >= 11 is 0. The first-order valence-electron chi connectivity index (χ1n) is 5.60. The molecule has 0 atom stereocenters. The molecule has 1 fully saturated rings. The average molecular weight is 256 g/mol. The summed E-state index contributed by atoms with van der Waals surface area (Å²) in [4.78, 5) is 0.148. The number of benzene rings is 1. The number of sulfonamides is 1. The molecule has 0 aliphatic carbocycles. The Balaban J connectivity index is 2.33. The van der Waals surface area contributed by atoms with Crippen molar-refractivity contribution in [2.75, 3.05) is 18.8 Å². The van der Waals surface area contributed by atoms with E-state index in [-0.39, 0.29) is 16.3 Å². The third kappa shape index (κ3) is 2.37. The molecule has 0 spiro atoms. The van der Waals surface area contributed by atoms with Crippen molar-refractivity contribution in [3.63, 3.8) is 0 Å². The quantitative estimate of drug-likeness (QED) is 0.614. The van der Waals surface area contributed by atoms with Crippen molar-refractivity contribution in [1.29, 1.82) is 0 Å². The Morgan fingerprint density at radius 2 is 1.82 bits per heavy atom. The van der Waals surface area contributed by atoms with Crippen LogP contribution in [-0.4, -0.2) is 30.9 Å². The first-order chi connectivity index (χ1) is 8.01. The number of aromatic hydroxyl groups is 1. The summed E-state index contributed by atoms with van der Waals surface area (Å²) in [5.74, 6) is -0.0948. The van der Waals surface area contributed by atoms with Crippen LogP contribution in [0.1, 0.15) is 19.3 Å². The molecule has 1 aromatic rings. The van der Waals surface area contributed by atoms with Crippen molar-refractivity contribution in [2.45, 2.75) is 24.2 Å². The van der Waals surface area contributed by atoms with Crippen LogP contribution in [0.5, 0.6) is 5.75 Å². The number of hydrogen-bond donors (Lipinski definition) is 2. The minimum Gasteiger partial charge on any atom is -0.506 e. The van der Waals surface area contributed by atoms with Gasteiger partial charge < -0.3 is 10.8 Å². The number of rotatable bonds is 2. The summed E-state index contributed by atoms with van der Waals surface area (Å²) < 4.78 is 26.0.